The number of hydrogen-bond acceptors (Lipinski definition) is 4. The average Bonchev–Trinajstić information content (AvgIpc) is 2.81. The molecule has 1 aliphatic rings. The predicted octanol–water partition coefficient (Wildman–Crippen LogP) is 0.670. The van der Waals surface area contributed by atoms with Gasteiger partial charge in [-0.1, -0.05) is 6.92 Å². The summed E-state index contributed by atoms with van der Waals surface area (Å²) in [6.07, 6.45) is 0. The molecule has 1 fully saturated rings. The lowest BCUT2D eigenvalue weighted by atomic mass is 10.1. The molecule has 0 spiro atoms. The highest BCUT2D eigenvalue weighted by Gasteiger charge is 2.14. The molecule has 0 bridgehead atoms. The van der Waals surface area contributed by atoms with Gasteiger partial charge in [-0.15, -0.1) is 0 Å². The Bertz CT molecular complexity index is 548. The Morgan fingerprint density at radius 1 is 1.29 bits per heavy atom. The summed E-state index contributed by atoms with van der Waals surface area (Å²) in [7, 11) is 3.79. The van der Waals surface area contributed by atoms with Crippen LogP contribution < -0.4 is 10.6 Å². The maximum atomic E-state index is 5.40. The average molecular weight is 336 g/mol. The molecular weight excluding hydrogens is 304 g/mol. The lowest BCUT2D eigenvalue weighted by Crippen LogP contribution is -2.43. The molecule has 0 saturated carbocycles. The smallest absolute Gasteiger partial charge is 0.191 e. The summed E-state index contributed by atoms with van der Waals surface area (Å²) in [6, 6.07) is 0. The summed E-state index contributed by atoms with van der Waals surface area (Å²) >= 11 is 0. The molecule has 7 heteroatoms. The molecule has 2 N–H and O–H groups in total. The third kappa shape index (κ3) is 5.21. The fourth-order valence-corrected chi connectivity index (χ4v) is 3.03. The van der Waals surface area contributed by atoms with Crippen molar-refractivity contribution in [3.05, 3.63) is 17.0 Å². The van der Waals surface area contributed by atoms with Crippen LogP contribution in [-0.4, -0.2) is 67.1 Å². The molecule has 24 heavy (non-hydrogen) atoms. The van der Waals surface area contributed by atoms with E-state index < -0.39 is 0 Å². The monoisotopic (exact) mass is 336 g/mol. The van der Waals surface area contributed by atoms with E-state index in [9.17, 15) is 0 Å². The van der Waals surface area contributed by atoms with E-state index in [0.717, 1.165) is 57.6 Å². The first kappa shape index (κ1) is 18.7. The van der Waals surface area contributed by atoms with Gasteiger partial charge in [0.1, 0.15) is 0 Å². The highest BCUT2D eigenvalue weighted by atomic mass is 16.5. The minimum Gasteiger partial charge on any atom is -0.379 e. The Balaban J connectivity index is 1.75. The molecule has 136 valence electrons. The fourth-order valence-electron chi connectivity index (χ4n) is 3.03. The Labute approximate surface area is 145 Å². The summed E-state index contributed by atoms with van der Waals surface area (Å²) in [5, 5.41) is 11.3. The van der Waals surface area contributed by atoms with Crippen molar-refractivity contribution in [3.8, 4) is 0 Å². The maximum absolute atomic E-state index is 5.40. The Kier molecular flexibility index (Phi) is 7.05. The van der Waals surface area contributed by atoms with E-state index in [4.69, 9.17) is 4.74 Å². The summed E-state index contributed by atoms with van der Waals surface area (Å²) in [5.41, 5.74) is 3.50. The van der Waals surface area contributed by atoms with Gasteiger partial charge in [0.2, 0.25) is 0 Å². The van der Waals surface area contributed by atoms with Gasteiger partial charge < -0.3 is 15.4 Å². The van der Waals surface area contributed by atoms with Crippen molar-refractivity contribution >= 4 is 5.96 Å². The number of aliphatic imine (C=N–C) groups is 1. The number of rotatable bonds is 6. The summed E-state index contributed by atoms with van der Waals surface area (Å²) in [5.74, 6) is 1.40. The first-order valence-electron chi connectivity index (χ1n) is 8.75. The number of nitrogens with one attached hydrogen (secondary N) is 2. The van der Waals surface area contributed by atoms with Crippen LogP contribution in [0.15, 0.2) is 4.99 Å². The van der Waals surface area contributed by atoms with Gasteiger partial charge in [0, 0.05) is 58.1 Å². The third-order valence-corrected chi connectivity index (χ3v) is 4.61. The SMILES string of the molecule is CN=C(NCc1c(C)nn(C)c1C)NCC(C)CN1CCOCC1. The van der Waals surface area contributed by atoms with Crippen LogP contribution in [-0.2, 0) is 18.3 Å². The standard InChI is InChI=1S/C17H32N6O/c1-13(12-23-6-8-24-9-7-23)10-19-17(18-4)20-11-16-14(2)21-22(5)15(16)3/h13H,6-12H2,1-5H3,(H2,18,19,20). The van der Waals surface area contributed by atoms with Crippen molar-refractivity contribution in [2.45, 2.75) is 27.3 Å². The van der Waals surface area contributed by atoms with Crippen molar-refractivity contribution in [2.75, 3.05) is 46.4 Å². The van der Waals surface area contributed by atoms with Gasteiger partial charge in [0.15, 0.2) is 5.96 Å². The van der Waals surface area contributed by atoms with Crippen molar-refractivity contribution in [2.24, 2.45) is 18.0 Å². The van der Waals surface area contributed by atoms with Gasteiger partial charge in [0.25, 0.3) is 0 Å². The normalized spacial score (nSPS) is 17.8. The van der Waals surface area contributed by atoms with Crippen LogP contribution in [0.3, 0.4) is 0 Å². The molecule has 2 heterocycles. The van der Waals surface area contributed by atoms with Crippen molar-refractivity contribution in [1.82, 2.24) is 25.3 Å². The highest BCUT2D eigenvalue weighted by Crippen LogP contribution is 2.11. The van der Waals surface area contributed by atoms with Crippen LogP contribution >= 0.6 is 0 Å². The van der Waals surface area contributed by atoms with E-state index in [1.54, 1.807) is 0 Å². The Morgan fingerprint density at radius 2 is 2.00 bits per heavy atom. The minimum atomic E-state index is 0.559. The van der Waals surface area contributed by atoms with Crippen LogP contribution in [0.25, 0.3) is 0 Å². The second-order valence-electron chi connectivity index (χ2n) is 6.60. The number of aryl methyl sites for hydroxylation is 2. The van der Waals surface area contributed by atoms with Crippen molar-refractivity contribution in [3.63, 3.8) is 0 Å². The van der Waals surface area contributed by atoms with E-state index >= 15 is 0 Å². The Morgan fingerprint density at radius 3 is 2.58 bits per heavy atom. The summed E-state index contributed by atoms with van der Waals surface area (Å²) in [4.78, 5) is 6.79. The zero-order valence-electron chi connectivity index (χ0n) is 15.7. The van der Waals surface area contributed by atoms with Gasteiger partial charge >= 0.3 is 0 Å². The number of nitrogens with zero attached hydrogens (tertiary/aromatic N) is 4. The molecule has 1 unspecified atom stereocenters. The minimum absolute atomic E-state index is 0.559. The molecule has 1 saturated heterocycles. The topological polar surface area (TPSA) is 66.7 Å². The van der Waals surface area contributed by atoms with Crippen LogP contribution in [0.5, 0.6) is 0 Å². The largest absolute Gasteiger partial charge is 0.379 e. The van der Waals surface area contributed by atoms with E-state index in [2.05, 4.69) is 39.5 Å². The summed E-state index contributed by atoms with van der Waals surface area (Å²) in [6.45, 7) is 12.9. The molecule has 1 aromatic rings. The van der Waals surface area contributed by atoms with Gasteiger partial charge in [-0.3, -0.25) is 14.6 Å². The highest BCUT2D eigenvalue weighted by molar-refractivity contribution is 5.79. The van der Waals surface area contributed by atoms with Crippen LogP contribution in [0.4, 0.5) is 0 Å². The van der Waals surface area contributed by atoms with E-state index in [1.807, 2.05) is 25.7 Å². The van der Waals surface area contributed by atoms with Crippen LogP contribution in [0, 0.1) is 19.8 Å². The van der Waals surface area contributed by atoms with Crippen LogP contribution in [0.2, 0.25) is 0 Å². The fraction of sp³-hybridized carbons (Fsp3) is 0.765. The molecule has 0 aromatic carbocycles. The lowest BCUT2D eigenvalue weighted by Gasteiger charge is -2.29. The predicted molar refractivity (Wildman–Crippen MR) is 97.3 cm³/mol. The molecular formula is C17H32N6O. The first-order valence-corrected chi connectivity index (χ1v) is 8.75. The molecule has 7 nitrogen and oxygen atoms in total. The molecule has 1 aliphatic heterocycles. The zero-order valence-corrected chi connectivity index (χ0v) is 15.7. The van der Waals surface area contributed by atoms with Crippen molar-refractivity contribution in [1.29, 1.82) is 0 Å². The molecule has 1 atom stereocenters. The van der Waals surface area contributed by atoms with E-state index in [0.29, 0.717) is 5.92 Å². The number of guanidine groups is 1. The number of morpholine rings is 1. The molecule has 0 amide bonds. The van der Waals surface area contributed by atoms with Crippen molar-refractivity contribution < 1.29 is 4.74 Å². The lowest BCUT2D eigenvalue weighted by molar-refractivity contribution is 0.0320. The van der Waals surface area contributed by atoms with Crippen LogP contribution in [0.1, 0.15) is 23.9 Å². The van der Waals surface area contributed by atoms with E-state index in [-0.39, 0.29) is 0 Å². The molecule has 0 aliphatic carbocycles. The molecule has 0 radical (unpaired) electrons. The maximum Gasteiger partial charge on any atom is 0.191 e. The van der Waals surface area contributed by atoms with Gasteiger partial charge in [0.05, 0.1) is 18.9 Å². The summed E-state index contributed by atoms with van der Waals surface area (Å²) < 4.78 is 7.32. The zero-order chi connectivity index (χ0) is 17.5. The van der Waals surface area contributed by atoms with Gasteiger partial charge in [-0.05, 0) is 19.8 Å². The quantitative estimate of drug-likeness (QED) is 0.590. The van der Waals surface area contributed by atoms with E-state index in [1.165, 1.54) is 11.3 Å². The van der Waals surface area contributed by atoms with Gasteiger partial charge in [-0.2, -0.15) is 5.10 Å². The van der Waals surface area contributed by atoms with Gasteiger partial charge in [-0.25, -0.2) is 0 Å². The third-order valence-electron chi connectivity index (χ3n) is 4.61. The molecule has 1 aromatic heterocycles. The second-order valence-corrected chi connectivity index (χ2v) is 6.60. The first-order chi connectivity index (χ1) is 11.5. The number of ether oxygens (including phenoxy) is 1. The second kappa shape index (κ2) is 9.03. The molecule has 2 rings (SSSR count). The Hall–Kier alpha value is -1.60. The number of aromatic nitrogens is 2. The number of hydrogen-bond donors (Lipinski definition) is 2.